The van der Waals surface area contributed by atoms with Gasteiger partial charge >= 0.3 is 0 Å². The Kier molecular flexibility index (Phi) is 5.68. The zero-order valence-corrected chi connectivity index (χ0v) is 11.1. The summed E-state index contributed by atoms with van der Waals surface area (Å²) in [5, 5.41) is 18.9. The normalized spacial score (nSPS) is 13.1. The monoisotopic (exact) mass is 283 g/mol. The molecule has 1 aromatic rings. The Labute approximate surface area is 111 Å². The summed E-state index contributed by atoms with van der Waals surface area (Å²) < 4.78 is 13.6. The minimum Gasteiger partial charge on any atom is -0.506 e. The van der Waals surface area contributed by atoms with Gasteiger partial charge in [0, 0.05) is 23.6 Å². The highest BCUT2D eigenvalue weighted by atomic mass is 35.5. The number of rotatable bonds is 3. The first-order valence-electron chi connectivity index (χ1n) is 4.84. The van der Waals surface area contributed by atoms with Crippen molar-refractivity contribution in [2.75, 3.05) is 6.61 Å². The van der Waals surface area contributed by atoms with E-state index in [9.17, 15) is 9.50 Å². The third-order valence-corrected chi connectivity index (χ3v) is 2.98. The summed E-state index contributed by atoms with van der Waals surface area (Å²) in [5.41, 5.74) is 5.02. The summed E-state index contributed by atoms with van der Waals surface area (Å²) in [6, 6.07) is 1.57. The van der Waals surface area contributed by atoms with Crippen LogP contribution < -0.4 is 5.73 Å². The molecule has 3 nitrogen and oxygen atoms in total. The Hall–Kier alpha value is -0.550. The van der Waals surface area contributed by atoms with E-state index in [1.807, 2.05) is 0 Å². The van der Waals surface area contributed by atoms with Crippen LogP contribution in [0.5, 0.6) is 5.75 Å². The molecule has 0 saturated carbocycles. The van der Waals surface area contributed by atoms with Crippen LogP contribution in [0.1, 0.15) is 25.5 Å². The highest BCUT2D eigenvalue weighted by Crippen LogP contribution is 2.39. The predicted molar refractivity (Wildman–Crippen MR) is 68.1 cm³/mol. The summed E-state index contributed by atoms with van der Waals surface area (Å²) in [4.78, 5) is 0. The van der Waals surface area contributed by atoms with Gasteiger partial charge < -0.3 is 15.9 Å². The van der Waals surface area contributed by atoms with Crippen molar-refractivity contribution < 1.29 is 14.6 Å². The van der Waals surface area contributed by atoms with E-state index < -0.39 is 17.3 Å². The summed E-state index contributed by atoms with van der Waals surface area (Å²) >= 11 is 5.69. The molecule has 0 unspecified atom stereocenters. The molecule has 0 bridgehead atoms. The summed E-state index contributed by atoms with van der Waals surface area (Å²) in [5.74, 6) is -0.994. The lowest BCUT2D eigenvalue weighted by molar-refractivity contribution is 0.129. The van der Waals surface area contributed by atoms with Gasteiger partial charge in [-0.05, 0) is 12.1 Å². The van der Waals surface area contributed by atoms with Gasteiger partial charge in [-0.15, -0.1) is 12.4 Å². The van der Waals surface area contributed by atoms with Crippen molar-refractivity contribution in [3.8, 4) is 5.75 Å². The Bertz CT molecular complexity index is 399. The molecule has 98 valence electrons. The fourth-order valence-corrected chi connectivity index (χ4v) is 1.51. The molecule has 0 heterocycles. The van der Waals surface area contributed by atoms with Crippen LogP contribution >= 0.6 is 24.0 Å². The maximum Gasteiger partial charge on any atom is 0.141 e. The third-order valence-electron chi connectivity index (χ3n) is 2.68. The molecular formula is C11H16Cl2FNO2. The maximum absolute atomic E-state index is 13.6. The van der Waals surface area contributed by atoms with Crippen molar-refractivity contribution in [1.82, 2.24) is 0 Å². The Morgan fingerprint density at radius 1 is 1.47 bits per heavy atom. The number of hydrogen-bond acceptors (Lipinski definition) is 3. The van der Waals surface area contributed by atoms with Gasteiger partial charge in [0.25, 0.3) is 0 Å². The molecule has 0 aliphatic rings. The zero-order valence-electron chi connectivity index (χ0n) is 9.58. The number of aliphatic hydroxyl groups is 1. The summed E-state index contributed by atoms with van der Waals surface area (Å²) in [7, 11) is 0. The second kappa shape index (κ2) is 5.87. The van der Waals surface area contributed by atoms with E-state index in [0.29, 0.717) is 0 Å². The number of halogens is 3. The first-order chi connectivity index (χ1) is 7.31. The van der Waals surface area contributed by atoms with Gasteiger partial charge in [-0.1, -0.05) is 25.4 Å². The van der Waals surface area contributed by atoms with Crippen molar-refractivity contribution >= 4 is 24.0 Å². The average molecular weight is 284 g/mol. The molecule has 0 radical (unpaired) electrons. The second-order valence-corrected chi connectivity index (χ2v) is 4.82. The Morgan fingerprint density at radius 2 is 2.00 bits per heavy atom. The minimum atomic E-state index is -0.837. The summed E-state index contributed by atoms with van der Waals surface area (Å²) in [6.45, 7) is 3.13. The van der Waals surface area contributed by atoms with Crippen LogP contribution in [0.3, 0.4) is 0 Å². The average Bonchev–Trinajstić information content (AvgIpc) is 2.24. The number of hydrogen-bond donors (Lipinski definition) is 3. The zero-order chi connectivity index (χ0) is 12.5. The van der Waals surface area contributed by atoms with Gasteiger partial charge in [0.1, 0.15) is 11.6 Å². The molecule has 0 aliphatic heterocycles. The highest BCUT2D eigenvalue weighted by Gasteiger charge is 2.31. The van der Waals surface area contributed by atoms with Crippen molar-refractivity contribution in [3.05, 3.63) is 28.5 Å². The first kappa shape index (κ1) is 16.4. The van der Waals surface area contributed by atoms with E-state index in [4.69, 9.17) is 22.4 Å². The minimum absolute atomic E-state index is 0. The van der Waals surface area contributed by atoms with Gasteiger partial charge in [0.15, 0.2) is 0 Å². The van der Waals surface area contributed by atoms with Gasteiger partial charge in [-0.2, -0.15) is 0 Å². The van der Waals surface area contributed by atoms with Crippen LogP contribution in [-0.2, 0) is 0 Å². The van der Waals surface area contributed by atoms with Crippen LogP contribution in [0, 0.1) is 11.2 Å². The maximum atomic E-state index is 13.6. The molecule has 0 spiro atoms. The smallest absolute Gasteiger partial charge is 0.141 e. The summed E-state index contributed by atoms with van der Waals surface area (Å²) in [6.07, 6.45) is 0. The molecule has 1 atom stereocenters. The molecular weight excluding hydrogens is 268 g/mol. The van der Waals surface area contributed by atoms with Crippen LogP contribution in [0.15, 0.2) is 12.1 Å². The largest absolute Gasteiger partial charge is 0.506 e. The van der Waals surface area contributed by atoms with Crippen LogP contribution in [0.4, 0.5) is 4.39 Å². The van der Waals surface area contributed by atoms with Crippen molar-refractivity contribution in [2.45, 2.75) is 19.9 Å². The second-order valence-electron chi connectivity index (χ2n) is 4.42. The lowest BCUT2D eigenvalue weighted by atomic mass is 9.81. The Morgan fingerprint density at radius 3 is 2.47 bits per heavy atom. The molecule has 6 heteroatoms. The molecule has 17 heavy (non-hydrogen) atoms. The van der Waals surface area contributed by atoms with Crippen molar-refractivity contribution in [2.24, 2.45) is 11.1 Å². The lowest BCUT2D eigenvalue weighted by Gasteiger charge is -2.30. The highest BCUT2D eigenvalue weighted by molar-refractivity contribution is 6.32. The van der Waals surface area contributed by atoms with E-state index in [2.05, 4.69) is 0 Å². The van der Waals surface area contributed by atoms with E-state index in [1.165, 1.54) is 6.07 Å². The topological polar surface area (TPSA) is 66.5 Å². The molecule has 0 saturated heterocycles. The molecule has 0 fully saturated rings. The van der Waals surface area contributed by atoms with Crippen LogP contribution in [0.25, 0.3) is 0 Å². The number of aromatic hydroxyl groups is 1. The SMILES string of the molecule is CC(C)(CO)[C@H](N)c1c(F)ccc(Cl)c1O.Cl. The molecule has 1 rings (SSSR count). The number of nitrogens with two attached hydrogens (primary N) is 1. The van der Waals surface area contributed by atoms with Crippen LogP contribution in [0.2, 0.25) is 5.02 Å². The van der Waals surface area contributed by atoms with Gasteiger partial charge in [0.2, 0.25) is 0 Å². The molecule has 1 aromatic carbocycles. The van der Waals surface area contributed by atoms with E-state index in [1.54, 1.807) is 13.8 Å². The van der Waals surface area contributed by atoms with E-state index >= 15 is 0 Å². The number of aliphatic hydroxyl groups excluding tert-OH is 1. The number of phenols is 1. The fraction of sp³-hybridized carbons (Fsp3) is 0.455. The molecule has 4 N–H and O–H groups in total. The van der Waals surface area contributed by atoms with Crippen molar-refractivity contribution in [3.63, 3.8) is 0 Å². The standard InChI is InChI=1S/C11H15ClFNO2.ClH/c1-11(2,5-15)10(14)8-7(13)4-3-6(12)9(8)16;/h3-4,10,15-16H,5,14H2,1-2H3;1H/t10-;/m1./s1. The van der Waals surface area contributed by atoms with Gasteiger partial charge in [0.05, 0.1) is 5.02 Å². The Balaban J connectivity index is 0.00000256. The molecule has 0 aromatic heterocycles. The van der Waals surface area contributed by atoms with Crippen LogP contribution in [-0.4, -0.2) is 16.8 Å². The quantitative estimate of drug-likeness (QED) is 0.799. The number of phenolic OH excluding ortho intramolecular Hbond substituents is 1. The first-order valence-corrected chi connectivity index (χ1v) is 5.22. The fourth-order valence-electron chi connectivity index (χ4n) is 1.34. The van der Waals surface area contributed by atoms with Crippen molar-refractivity contribution in [1.29, 1.82) is 0 Å². The molecule has 0 amide bonds. The predicted octanol–water partition coefficient (Wildman–Crippen LogP) is 2.62. The number of benzene rings is 1. The molecule has 0 aliphatic carbocycles. The third kappa shape index (κ3) is 3.22. The lowest BCUT2D eigenvalue weighted by Crippen LogP contribution is -2.33. The van der Waals surface area contributed by atoms with E-state index in [0.717, 1.165) is 6.07 Å². The van der Waals surface area contributed by atoms with E-state index in [-0.39, 0.29) is 35.3 Å². The van der Waals surface area contributed by atoms with Gasteiger partial charge in [-0.3, -0.25) is 0 Å². The van der Waals surface area contributed by atoms with Gasteiger partial charge in [-0.25, -0.2) is 4.39 Å².